The first-order valence-electron chi connectivity index (χ1n) is 9.97. The van der Waals surface area contributed by atoms with Crippen molar-refractivity contribution >= 4 is 34.4 Å². The molecule has 4 rings (SSSR count). The zero-order valence-electron chi connectivity index (χ0n) is 17.1. The Kier molecular flexibility index (Phi) is 6.37. The third-order valence-electron chi connectivity index (χ3n) is 4.92. The van der Waals surface area contributed by atoms with Crippen LogP contribution in [0, 0.1) is 0 Å². The molecule has 0 fully saturated rings. The molecule has 0 spiro atoms. The van der Waals surface area contributed by atoms with Gasteiger partial charge in [0.2, 0.25) is 11.8 Å². The van der Waals surface area contributed by atoms with Gasteiger partial charge in [-0.1, -0.05) is 35.9 Å². The Bertz CT molecular complexity index is 1270. The smallest absolute Gasteiger partial charge is 0.248 e. The lowest BCUT2D eigenvalue weighted by molar-refractivity contribution is -0.121. The minimum Gasteiger partial charge on any atom is -0.486 e. The molecule has 0 aliphatic carbocycles. The zero-order valence-corrected chi connectivity index (χ0v) is 17.9. The third kappa shape index (κ3) is 5.07. The lowest BCUT2D eigenvalue weighted by atomic mass is 10.1. The van der Waals surface area contributed by atoms with Crippen molar-refractivity contribution in [3.8, 4) is 5.75 Å². The summed E-state index contributed by atoms with van der Waals surface area (Å²) in [6.07, 6.45) is 0. The van der Waals surface area contributed by atoms with Crippen molar-refractivity contribution in [1.82, 2.24) is 14.9 Å². The van der Waals surface area contributed by atoms with Gasteiger partial charge in [-0.25, -0.2) is 4.98 Å². The summed E-state index contributed by atoms with van der Waals surface area (Å²) in [6, 6.07) is 21.5. The van der Waals surface area contributed by atoms with Crippen LogP contribution in [0.3, 0.4) is 0 Å². The van der Waals surface area contributed by atoms with Gasteiger partial charge in [-0.3, -0.25) is 9.59 Å². The maximum atomic E-state index is 12.7. The number of nitrogens with two attached hydrogens (primary N) is 1. The molecule has 0 aliphatic rings. The van der Waals surface area contributed by atoms with Crippen LogP contribution in [0.15, 0.2) is 72.8 Å². The number of carbonyl (C=O) groups is 2. The Morgan fingerprint density at radius 2 is 1.81 bits per heavy atom. The molecule has 32 heavy (non-hydrogen) atoms. The fourth-order valence-corrected chi connectivity index (χ4v) is 3.45. The number of rotatable bonds is 8. The average Bonchev–Trinajstić information content (AvgIpc) is 3.15. The van der Waals surface area contributed by atoms with E-state index in [0.717, 1.165) is 16.6 Å². The summed E-state index contributed by atoms with van der Waals surface area (Å²) in [6.45, 7) is 0.558. The molecule has 0 aliphatic heterocycles. The summed E-state index contributed by atoms with van der Waals surface area (Å²) < 4.78 is 7.68. The van der Waals surface area contributed by atoms with Crippen molar-refractivity contribution in [2.24, 2.45) is 5.73 Å². The number of nitrogens with one attached hydrogen (secondary N) is 1. The molecule has 2 amide bonds. The van der Waals surface area contributed by atoms with Gasteiger partial charge in [0.05, 0.1) is 11.0 Å². The Balaban J connectivity index is 1.48. The normalized spacial score (nSPS) is 10.8. The number of amides is 2. The quantitative estimate of drug-likeness (QED) is 0.429. The SMILES string of the molecule is NC(=O)c1cccc(CNC(=O)Cn2c(COc3ccc(Cl)cc3)nc3ccccc32)c1. The van der Waals surface area contributed by atoms with Crippen LogP contribution in [0.25, 0.3) is 11.0 Å². The molecule has 7 nitrogen and oxygen atoms in total. The van der Waals surface area contributed by atoms with E-state index in [9.17, 15) is 9.59 Å². The predicted molar refractivity (Wildman–Crippen MR) is 122 cm³/mol. The molecule has 1 aromatic heterocycles. The van der Waals surface area contributed by atoms with Crippen molar-refractivity contribution in [3.63, 3.8) is 0 Å². The summed E-state index contributed by atoms with van der Waals surface area (Å²) in [5.74, 6) is 0.595. The number of halogens is 1. The van der Waals surface area contributed by atoms with E-state index in [1.807, 2.05) is 34.9 Å². The molecule has 4 aromatic rings. The summed E-state index contributed by atoms with van der Waals surface area (Å²) >= 11 is 5.92. The Hall–Kier alpha value is -3.84. The molecular weight excluding hydrogens is 428 g/mol. The molecule has 0 unspecified atom stereocenters. The Morgan fingerprint density at radius 3 is 2.59 bits per heavy atom. The largest absolute Gasteiger partial charge is 0.486 e. The Morgan fingerprint density at radius 1 is 1.03 bits per heavy atom. The number of primary amides is 1. The van der Waals surface area contributed by atoms with Crippen molar-refractivity contribution < 1.29 is 14.3 Å². The number of hydrogen-bond acceptors (Lipinski definition) is 4. The molecule has 0 saturated carbocycles. The van der Waals surface area contributed by atoms with Gasteiger partial charge in [-0.05, 0) is 54.1 Å². The second-order valence-electron chi connectivity index (χ2n) is 7.19. The second-order valence-corrected chi connectivity index (χ2v) is 7.62. The molecule has 8 heteroatoms. The summed E-state index contributed by atoms with van der Waals surface area (Å²) in [4.78, 5) is 28.7. The molecule has 0 atom stereocenters. The number of para-hydroxylation sites is 2. The highest BCUT2D eigenvalue weighted by Gasteiger charge is 2.14. The van der Waals surface area contributed by atoms with E-state index in [1.54, 1.807) is 42.5 Å². The topological polar surface area (TPSA) is 99.2 Å². The van der Waals surface area contributed by atoms with Crippen LogP contribution in [0.4, 0.5) is 0 Å². The highest BCUT2D eigenvalue weighted by molar-refractivity contribution is 6.30. The molecule has 162 valence electrons. The van der Waals surface area contributed by atoms with Crippen LogP contribution in [0.2, 0.25) is 5.02 Å². The van der Waals surface area contributed by atoms with E-state index in [2.05, 4.69) is 10.3 Å². The minimum absolute atomic E-state index is 0.0787. The lowest BCUT2D eigenvalue weighted by Gasteiger charge is -2.11. The first-order chi connectivity index (χ1) is 15.5. The maximum absolute atomic E-state index is 12.7. The fourth-order valence-electron chi connectivity index (χ4n) is 3.33. The molecule has 3 N–H and O–H groups in total. The number of hydrogen-bond donors (Lipinski definition) is 2. The van der Waals surface area contributed by atoms with Crippen molar-refractivity contribution in [2.45, 2.75) is 19.7 Å². The molecule has 0 saturated heterocycles. The molecule has 0 bridgehead atoms. The summed E-state index contributed by atoms with van der Waals surface area (Å²) in [5.41, 5.74) is 8.13. The number of ether oxygens (including phenoxy) is 1. The lowest BCUT2D eigenvalue weighted by Crippen LogP contribution is -2.28. The van der Waals surface area contributed by atoms with Crippen molar-refractivity contribution in [3.05, 3.63) is 94.8 Å². The number of aromatic nitrogens is 2. The van der Waals surface area contributed by atoms with Crippen LogP contribution < -0.4 is 15.8 Å². The number of nitrogens with zero attached hydrogens (tertiary/aromatic N) is 2. The predicted octanol–water partition coefficient (Wildman–Crippen LogP) is 3.68. The monoisotopic (exact) mass is 448 g/mol. The second kappa shape index (κ2) is 9.53. The van der Waals surface area contributed by atoms with Crippen LogP contribution in [0.1, 0.15) is 21.7 Å². The van der Waals surface area contributed by atoms with Gasteiger partial charge >= 0.3 is 0 Å². The van der Waals surface area contributed by atoms with Crippen LogP contribution in [0.5, 0.6) is 5.75 Å². The van der Waals surface area contributed by atoms with Gasteiger partial charge in [0, 0.05) is 17.1 Å². The van der Waals surface area contributed by atoms with E-state index >= 15 is 0 Å². The number of carbonyl (C=O) groups excluding carboxylic acids is 2. The van der Waals surface area contributed by atoms with Gasteiger partial charge in [0.1, 0.15) is 24.7 Å². The van der Waals surface area contributed by atoms with Gasteiger partial charge in [-0.15, -0.1) is 0 Å². The van der Waals surface area contributed by atoms with Gasteiger partial charge < -0.3 is 20.4 Å². The van der Waals surface area contributed by atoms with E-state index in [1.165, 1.54) is 0 Å². The summed E-state index contributed by atoms with van der Waals surface area (Å²) in [7, 11) is 0. The standard InChI is InChI=1S/C24H21ClN4O3/c25-18-8-10-19(11-9-18)32-15-22-28-20-6-1-2-7-21(20)29(22)14-23(30)27-13-16-4-3-5-17(12-16)24(26)31/h1-12H,13-15H2,(H2,26,31)(H,27,30). The molecule has 1 heterocycles. The Labute approximate surface area is 189 Å². The van der Waals surface area contributed by atoms with Crippen molar-refractivity contribution in [2.75, 3.05) is 0 Å². The molecular formula is C24H21ClN4O3. The average molecular weight is 449 g/mol. The van der Waals surface area contributed by atoms with E-state index < -0.39 is 5.91 Å². The van der Waals surface area contributed by atoms with E-state index in [0.29, 0.717) is 22.2 Å². The summed E-state index contributed by atoms with van der Waals surface area (Å²) in [5, 5.41) is 3.51. The van der Waals surface area contributed by atoms with Crippen LogP contribution in [-0.2, 0) is 24.5 Å². The zero-order chi connectivity index (χ0) is 22.5. The van der Waals surface area contributed by atoms with E-state index in [-0.39, 0.29) is 25.6 Å². The van der Waals surface area contributed by atoms with Gasteiger partial charge in [-0.2, -0.15) is 0 Å². The number of benzene rings is 3. The van der Waals surface area contributed by atoms with Crippen molar-refractivity contribution in [1.29, 1.82) is 0 Å². The number of imidazole rings is 1. The van der Waals surface area contributed by atoms with Gasteiger partial charge in [0.25, 0.3) is 0 Å². The number of fused-ring (bicyclic) bond motifs is 1. The first kappa shape index (κ1) is 21.4. The van der Waals surface area contributed by atoms with Gasteiger partial charge in [0.15, 0.2) is 0 Å². The molecule has 3 aromatic carbocycles. The van der Waals surface area contributed by atoms with Crippen LogP contribution in [-0.4, -0.2) is 21.4 Å². The van der Waals surface area contributed by atoms with Crippen LogP contribution >= 0.6 is 11.6 Å². The highest BCUT2D eigenvalue weighted by atomic mass is 35.5. The fraction of sp³-hybridized carbons (Fsp3) is 0.125. The molecule has 0 radical (unpaired) electrons. The minimum atomic E-state index is -0.506. The third-order valence-corrected chi connectivity index (χ3v) is 5.17. The van der Waals surface area contributed by atoms with E-state index in [4.69, 9.17) is 22.1 Å². The first-order valence-corrected chi connectivity index (χ1v) is 10.4. The maximum Gasteiger partial charge on any atom is 0.248 e. The highest BCUT2D eigenvalue weighted by Crippen LogP contribution is 2.20.